The second kappa shape index (κ2) is 8.21. The molecule has 1 aromatic carbocycles. The number of anilines is 1. The van der Waals surface area contributed by atoms with Gasteiger partial charge in [-0.05, 0) is 25.1 Å². The topological polar surface area (TPSA) is 75.4 Å². The Hall–Kier alpha value is -3.22. The highest BCUT2D eigenvalue weighted by Gasteiger charge is 2.23. The number of aromatic nitrogens is 3. The van der Waals surface area contributed by atoms with E-state index in [0.717, 1.165) is 36.1 Å². The number of oxazole rings is 1. The van der Waals surface area contributed by atoms with Crippen molar-refractivity contribution < 1.29 is 9.21 Å². The quantitative estimate of drug-likeness (QED) is 0.681. The van der Waals surface area contributed by atoms with Crippen LogP contribution in [0.2, 0.25) is 0 Å². The van der Waals surface area contributed by atoms with Crippen molar-refractivity contribution >= 4 is 11.9 Å². The fraction of sp³-hybridized carbons (Fsp3) is 0.333. The molecule has 1 aliphatic heterocycles. The molecule has 1 amide bonds. The Kier molecular flexibility index (Phi) is 5.32. The predicted octanol–water partition coefficient (Wildman–Crippen LogP) is 2.72. The van der Waals surface area contributed by atoms with Crippen LogP contribution in [-0.2, 0) is 11.2 Å². The molecular weight excluding hydrogens is 354 g/mol. The minimum absolute atomic E-state index is 0.150. The maximum Gasteiger partial charge on any atom is 0.226 e. The van der Waals surface area contributed by atoms with E-state index in [1.54, 1.807) is 18.5 Å². The molecule has 0 unspecified atom stereocenters. The van der Waals surface area contributed by atoms with Crippen LogP contribution in [0.15, 0.2) is 53.2 Å². The highest BCUT2D eigenvalue weighted by Crippen LogP contribution is 2.22. The molecule has 2 aromatic heterocycles. The molecule has 7 nitrogen and oxygen atoms in total. The third kappa shape index (κ3) is 4.03. The van der Waals surface area contributed by atoms with Gasteiger partial charge >= 0.3 is 0 Å². The fourth-order valence-corrected chi connectivity index (χ4v) is 3.36. The number of amides is 1. The van der Waals surface area contributed by atoms with Gasteiger partial charge in [-0.25, -0.2) is 15.0 Å². The van der Waals surface area contributed by atoms with Crippen molar-refractivity contribution in [3.8, 4) is 11.5 Å². The average Bonchev–Trinajstić information content (AvgIpc) is 3.14. The molecule has 0 saturated carbocycles. The van der Waals surface area contributed by atoms with Gasteiger partial charge in [0.05, 0.1) is 5.69 Å². The fourth-order valence-electron chi connectivity index (χ4n) is 3.36. The van der Waals surface area contributed by atoms with Crippen molar-refractivity contribution in [1.29, 1.82) is 0 Å². The first-order valence-corrected chi connectivity index (χ1v) is 9.52. The van der Waals surface area contributed by atoms with Crippen LogP contribution in [0.1, 0.15) is 17.9 Å². The number of carbonyl (C=O) groups is 1. The van der Waals surface area contributed by atoms with E-state index >= 15 is 0 Å². The number of hydrogen-bond donors (Lipinski definition) is 0. The van der Waals surface area contributed by atoms with Crippen LogP contribution in [0.4, 0.5) is 5.95 Å². The predicted molar refractivity (Wildman–Crippen MR) is 106 cm³/mol. The number of nitrogens with zero attached hydrogens (tertiary/aromatic N) is 5. The van der Waals surface area contributed by atoms with E-state index in [0.29, 0.717) is 31.8 Å². The standard InChI is InChI=1S/C21H23N5O2/c1-16-18(24-20(28-16)17-6-3-2-4-7-17)8-9-19(27)25-12-14-26(15-13-25)21-22-10-5-11-23-21/h2-7,10-11H,8-9,12-15H2,1H3. The zero-order chi connectivity index (χ0) is 19.3. The van der Waals surface area contributed by atoms with Gasteiger partial charge in [0.15, 0.2) is 0 Å². The first-order chi connectivity index (χ1) is 13.7. The number of rotatable bonds is 5. The number of carbonyl (C=O) groups excluding carboxylic acids is 1. The molecule has 3 heterocycles. The summed E-state index contributed by atoms with van der Waals surface area (Å²) in [5.74, 6) is 2.26. The summed E-state index contributed by atoms with van der Waals surface area (Å²) in [6.07, 6.45) is 4.50. The Balaban J connectivity index is 1.31. The van der Waals surface area contributed by atoms with E-state index in [9.17, 15) is 4.79 Å². The van der Waals surface area contributed by atoms with Gasteiger partial charge in [-0.3, -0.25) is 4.79 Å². The van der Waals surface area contributed by atoms with Gasteiger partial charge in [0.1, 0.15) is 5.76 Å². The summed E-state index contributed by atoms with van der Waals surface area (Å²) in [5, 5.41) is 0. The SMILES string of the molecule is Cc1oc(-c2ccccc2)nc1CCC(=O)N1CCN(c2ncccn2)CC1. The zero-order valence-corrected chi connectivity index (χ0v) is 15.9. The summed E-state index contributed by atoms with van der Waals surface area (Å²) in [7, 11) is 0. The van der Waals surface area contributed by atoms with Crippen molar-refractivity contribution in [2.45, 2.75) is 19.8 Å². The van der Waals surface area contributed by atoms with Gasteiger partial charge in [-0.1, -0.05) is 18.2 Å². The van der Waals surface area contributed by atoms with Gasteiger partial charge in [-0.15, -0.1) is 0 Å². The highest BCUT2D eigenvalue weighted by molar-refractivity contribution is 5.76. The van der Waals surface area contributed by atoms with Crippen molar-refractivity contribution in [1.82, 2.24) is 19.9 Å². The molecule has 1 fully saturated rings. The maximum atomic E-state index is 12.6. The molecule has 0 N–H and O–H groups in total. The molecule has 1 aliphatic rings. The molecule has 3 aromatic rings. The Bertz CT molecular complexity index is 918. The lowest BCUT2D eigenvalue weighted by Crippen LogP contribution is -2.49. The van der Waals surface area contributed by atoms with E-state index in [1.165, 1.54) is 0 Å². The minimum atomic E-state index is 0.150. The number of piperazine rings is 1. The Morgan fingerprint density at radius 1 is 1.04 bits per heavy atom. The molecule has 7 heteroatoms. The van der Waals surface area contributed by atoms with E-state index in [-0.39, 0.29) is 5.91 Å². The first-order valence-electron chi connectivity index (χ1n) is 9.52. The van der Waals surface area contributed by atoms with Gasteiger partial charge in [0.2, 0.25) is 17.7 Å². The van der Waals surface area contributed by atoms with Crippen LogP contribution in [0.3, 0.4) is 0 Å². The lowest BCUT2D eigenvalue weighted by atomic mass is 10.2. The summed E-state index contributed by atoms with van der Waals surface area (Å²) in [6, 6.07) is 11.6. The lowest BCUT2D eigenvalue weighted by molar-refractivity contribution is -0.131. The molecule has 0 radical (unpaired) electrons. The summed E-state index contributed by atoms with van der Waals surface area (Å²) in [6.45, 7) is 4.76. The van der Waals surface area contributed by atoms with Crippen LogP contribution in [-0.4, -0.2) is 51.9 Å². The Morgan fingerprint density at radius 3 is 2.46 bits per heavy atom. The van der Waals surface area contributed by atoms with Crippen LogP contribution in [0.25, 0.3) is 11.5 Å². The lowest BCUT2D eigenvalue weighted by Gasteiger charge is -2.34. The molecule has 0 aliphatic carbocycles. The third-order valence-electron chi connectivity index (χ3n) is 4.96. The van der Waals surface area contributed by atoms with Gasteiger partial charge in [-0.2, -0.15) is 0 Å². The van der Waals surface area contributed by atoms with Crippen LogP contribution >= 0.6 is 0 Å². The zero-order valence-electron chi connectivity index (χ0n) is 15.9. The summed E-state index contributed by atoms with van der Waals surface area (Å²) >= 11 is 0. The molecular formula is C21H23N5O2. The van der Waals surface area contributed by atoms with Gasteiger partial charge in [0, 0.05) is 57.0 Å². The molecule has 144 valence electrons. The van der Waals surface area contributed by atoms with E-state index in [2.05, 4.69) is 19.9 Å². The number of aryl methyl sites for hydroxylation is 2. The average molecular weight is 377 g/mol. The maximum absolute atomic E-state index is 12.6. The Morgan fingerprint density at radius 2 is 1.75 bits per heavy atom. The molecule has 4 rings (SSSR count). The van der Waals surface area contributed by atoms with Crippen LogP contribution in [0, 0.1) is 6.92 Å². The summed E-state index contributed by atoms with van der Waals surface area (Å²) in [4.78, 5) is 29.8. The van der Waals surface area contributed by atoms with Gasteiger partial charge in [0.25, 0.3) is 0 Å². The van der Waals surface area contributed by atoms with Crippen molar-refractivity contribution in [3.05, 3.63) is 60.2 Å². The summed E-state index contributed by atoms with van der Waals surface area (Å²) < 4.78 is 5.78. The number of benzene rings is 1. The van der Waals surface area contributed by atoms with Crippen molar-refractivity contribution in [2.75, 3.05) is 31.1 Å². The van der Waals surface area contributed by atoms with Crippen LogP contribution < -0.4 is 4.90 Å². The van der Waals surface area contributed by atoms with Crippen molar-refractivity contribution in [2.24, 2.45) is 0 Å². The van der Waals surface area contributed by atoms with E-state index < -0.39 is 0 Å². The first kappa shape index (κ1) is 18.2. The number of hydrogen-bond acceptors (Lipinski definition) is 6. The third-order valence-corrected chi connectivity index (χ3v) is 4.96. The monoisotopic (exact) mass is 377 g/mol. The molecule has 1 saturated heterocycles. The molecule has 0 bridgehead atoms. The minimum Gasteiger partial charge on any atom is -0.441 e. The summed E-state index contributed by atoms with van der Waals surface area (Å²) in [5.41, 5.74) is 1.80. The van der Waals surface area contributed by atoms with E-state index in [1.807, 2.05) is 42.2 Å². The largest absolute Gasteiger partial charge is 0.441 e. The molecule has 0 atom stereocenters. The molecule has 0 spiro atoms. The normalized spacial score (nSPS) is 14.3. The smallest absolute Gasteiger partial charge is 0.226 e. The second-order valence-corrected chi connectivity index (χ2v) is 6.80. The van der Waals surface area contributed by atoms with Gasteiger partial charge < -0.3 is 14.2 Å². The highest BCUT2D eigenvalue weighted by atomic mass is 16.4. The second-order valence-electron chi connectivity index (χ2n) is 6.80. The van der Waals surface area contributed by atoms with Crippen molar-refractivity contribution in [3.63, 3.8) is 0 Å². The molecule has 28 heavy (non-hydrogen) atoms. The van der Waals surface area contributed by atoms with Crippen LogP contribution in [0.5, 0.6) is 0 Å². The van der Waals surface area contributed by atoms with E-state index in [4.69, 9.17) is 4.42 Å². The Labute approximate surface area is 164 Å².